The average molecular weight is 448 g/mol. The van der Waals surface area contributed by atoms with Crippen LogP contribution >= 0.6 is 35.6 Å². The molecule has 0 aliphatic carbocycles. The van der Waals surface area contributed by atoms with Crippen LogP contribution < -0.4 is 10.6 Å². The SMILES string of the molecule is CN=C(NCc1ccccc1Cl)NCC(C)Cn1cccn1.I. The fraction of sp³-hybridized carbons (Fsp3) is 0.375. The third-order valence-corrected chi connectivity index (χ3v) is 3.67. The summed E-state index contributed by atoms with van der Waals surface area (Å²) >= 11 is 6.15. The van der Waals surface area contributed by atoms with Crippen LogP contribution in [-0.2, 0) is 13.1 Å². The highest BCUT2D eigenvalue weighted by atomic mass is 127. The Morgan fingerprint density at radius 2 is 2.09 bits per heavy atom. The van der Waals surface area contributed by atoms with Crippen molar-refractivity contribution in [2.24, 2.45) is 10.9 Å². The fourth-order valence-electron chi connectivity index (χ4n) is 2.10. The van der Waals surface area contributed by atoms with Gasteiger partial charge in [-0.15, -0.1) is 24.0 Å². The van der Waals surface area contributed by atoms with E-state index in [1.54, 1.807) is 13.2 Å². The maximum Gasteiger partial charge on any atom is 0.191 e. The second kappa shape index (κ2) is 10.5. The zero-order valence-electron chi connectivity index (χ0n) is 13.4. The number of aliphatic imine (C=N–C) groups is 1. The molecule has 126 valence electrons. The number of hydrogen-bond acceptors (Lipinski definition) is 2. The van der Waals surface area contributed by atoms with E-state index in [-0.39, 0.29) is 24.0 Å². The number of guanidine groups is 1. The molecule has 23 heavy (non-hydrogen) atoms. The zero-order valence-corrected chi connectivity index (χ0v) is 16.5. The Hall–Kier alpha value is -1.28. The van der Waals surface area contributed by atoms with Gasteiger partial charge in [0, 0.05) is 44.1 Å². The van der Waals surface area contributed by atoms with Crippen LogP contribution in [0.4, 0.5) is 0 Å². The predicted molar refractivity (Wildman–Crippen MR) is 106 cm³/mol. The molecule has 2 N–H and O–H groups in total. The molecule has 0 bridgehead atoms. The van der Waals surface area contributed by atoms with E-state index in [2.05, 4.69) is 27.6 Å². The molecule has 0 aliphatic rings. The molecule has 7 heteroatoms. The van der Waals surface area contributed by atoms with E-state index in [0.29, 0.717) is 12.5 Å². The van der Waals surface area contributed by atoms with E-state index >= 15 is 0 Å². The smallest absolute Gasteiger partial charge is 0.191 e. The first-order valence-electron chi connectivity index (χ1n) is 7.34. The standard InChI is InChI=1S/C16H22ClN5.HI/c1-13(12-22-9-5-8-21-22)10-19-16(18-2)20-11-14-6-3-4-7-15(14)17;/h3-9,13H,10-12H2,1-2H3,(H2,18,19,20);1H. The number of nitrogens with zero attached hydrogens (tertiary/aromatic N) is 3. The Balaban J connectivity index is 0.00000264. The molecule has 2 rings (SSSR count). The van der Waals surface area contributed by atoms with Crippen LogP contribution in [0.3, 0.4) is 0 Å². The van der Waals surface area contributed by atoms with Gasteiger partial charge in [0.25, 0.3) is 0 Å². The number of hydrogen-bond donors (Lipinski definition) is 2. The lowest BCUT2D eigenvalue weighted by Gasteiger charge is -2.16. The van der Waals surface area contributed by atoms with Crippen LogP contribution in [0.15, 0.2) is 47.7 Å². The lowest BCUT2D eigenvalue weighted by Crippen LogP contribution is -2.39. The van der Waals surface area contributed by atoms with Gasteiger partial charge in [0.1, 0.15) is 0 Å². The van der Waals surface area contributed by atoms with Crippen molar-refractivity contribution in [2.45, 2.75) is 20.0 Å². The van der Waals surface area contributed by atoms with Crippen LogP contribution in [-0.4, -0.2) is 29.3 Å². The normalized spacial score (nSPS) is 12.4. The Kier molecular flexibility index (Phi) is 9.01. The monoisotopic (exact) mass is 447 g/mol. The molecule has 1 heterocycles. The first-order valence-corrected chi connectivity index (χ1v) is 7.72. The van der Waals surface area contributed by atoms with Gasteiger partial charge in [0.05, 0.1) is 0 Å². The molecule has 0 saturated carbocycles. The largest absolute Gasteiger partial charge is 0.356 e. The second-order valence-corrected chi connectivity index (χ2v) is 5.64. The van der Waals surface area contributed by atoms with Crippen molar-refractivity contribution >= 4 is 41.5 Å². The van der Waals surface area contributed by atoms with Gasteiger partial charge in [-0.2, -0.15) is 5.10 Å². The summed E-state index contributed by atoms with van der Waals surface area (Å²) in [5.74, 6) is 1.21. The fourth-order valence-corrected chi connectivity index (χ4v) is 2.31. The van der Waals surface area contributed by atoms with Gasteiger partial charge in [-0.1, -0.05) is 36.7 Å². The van der Waals surface area contributed by atoms with Crippen molar-refractivity contribution in [3.63, 3.8) is 0 Å². The first-order chi connectivity index (χ1) is 10.7. The molecule has 0 amide bonds. The summed E-state index contributed by atoms with van der Waals surface area (Å²) < 4.78 is 1.94. The van der Waals surface area contributed by atoms with Gasteiger partial charge in [-0.3, -0.25) is 9.67 Å². The number of nitrogens with one attached hydrogen (secondary N) is 2. The van der Waals surface area contributed by atoms with E-state index in [0.717, 1.165) is 29.6 Å². The lowest BCUT2D eigenvalue weighted by atomic mass is 10.2. The van der Waals surface area contributed by atoms with Crippen LogP contribution in [0, 0.1) is 5.92 Å². The molecule has 1 aromatic carbocycles. The number of aromatic nitrogens is 2. The van der Waals surface area contributed by atoms with Gasteiger partial charge >= 0.3 is 0 Å². The van der Waals surface area contributed by atoms with E-state index in [1.165, 1.54) is 0 Å². The molecule has 2 aromatic rings. The highest BCUT2D eigenvalue weighted by molar-refractivity contribution is 14.0. The number of rotatable bonds is 6. The molecule has 0 spiro atoms. The van der Waals surface area contributed by atoms with Crippen molar-refractivity contribution in [2.75, 3.05) is 13.6 Å². The minimum atomic E-state index is 0. The maximum atomic E-state index is 6.15. The highest BCUT2D eigenvalue weighted by Crippen LogP contribution is 2.14. The molecule has 5 nitrogen and oxygen atoms in total. The molecule has 0 saturated heterocycles. The van der Waals surface area contributed by atoms with Crippen molar-refractivity contribution in [3.05, 3.63) is 53.3 Å². The predicted octanol–water partition coefficient (Wildman–Crippen LogP) is 3.16. The third kappa shape index (κ3) is 6.78. The molecule has 1 atom stereocenters. The third-order valence-electron chi connectivity index (χ3n) is 3.30. The summed E-state index contributed by atoms with van der Waals surface area (Å²) in [6.07, 6.45) is 3.77. The molecule has 0 aliphatic heterocycles. The van der Waals surface area contributed by atoms with Gasteiger partial charge in [0.15, 0.2) is 5.96 Å². The maximum absolute atomic E-state index is 6.15. The molecule has 0 fully saturated rings. The van der Waals surface area contributed by atoms with Crippen molar-refractivity contribution in [1.29, 1.82) is 0 Å². The summed E-state index contributed by atoms with van der Waals surface area (Å²) in [7, 11) is 1.76. The van der Waals surface area contributed by atoms with Gasteiger partial charge < -0.3 is 10.6 Å². The topological polar surface area (TPSA) is 54.2 Å². The summed E-state index contributed by atoms with van der Waals surface area (Å²) in [6.45, 7) is 4.52. The minimum Gasteiger partial charge on any atom is -0.356 e. The molecular formula is C16H23ClIN5. The van der Waals surface area contributed by atoms with E-state index < -0.39 is 0 Å². The highest BCUT2D eigenvalue weighted by Gasteiger charge is 2.06. The Morgan fingerprint density at radius 3 is 2.74 bits per heavy atom. The van der Waals surface area contributed by atoms with E-state index in [9.17, 15) is 0 Å². The van der Waals surface area contributed by atoms with Gasteiger partial charge in [-0.25, -0.2) is 0 Å². The molecule has 1 aromatic heterocycles. The van der Waals surface area contributed by atoms with Gasteiger partial charge in [-0.05, 0) is 23.6 Å². The minimum absolute atomic E-state index is 0. The van der Waals surface area contributed by atoms with Crippen LogP contribution in [0.1, 0.15) is 12.5 Å². The van der Waals surface area contributed by atoms with E-state index in [1.807, 2.05) is 41.2 Å². The Bertz CT molecular complexity index is 600. The number of halogens is 2. The summed E-state index contributed by atoms with van der Waals surface area (Å²) in [5.41, 5.74) is 1.05. The molecular weight excluding hydrogens is 425 g/mol. The first kappa shape index (κ1) is 19.8. The van der Waals surface area contributed by atoms with Crippen molar-refractivity contribution in [3.8, 4) is 0 Å². The summed E-state index contributed by atoms with van der Waals surface area (Å²) in [4.78, 5) is 4.23. The van der Waals surface area contributed by atoms with Crippen LogP contribution in [0.5, 0.6) is 0 Å². The lowest BCUT2D eigenvalue weighted by molar-refractivity contribution is 0.443. The average Bonchev–Trinajstić information content (AvgIpc) is 3.02. The zero-order chi connectivity index (χ0) is 15.8. The quantitative estimate of drug-likeness (QED) is 0.406. The van der Waals surface area contributed by atoms with Gasteiger partial charge in [0.2, 0.25) is 0 Å². The van der Waals surface area contributed by atoms with E-state index in [4.69, 9.17) is 11.6 Å². The van der Waals surface area contributed by atoms with Crippen molar-refractivity contribution in [1.82, 2.24) is 20.4 Å². The second-order valence-electron chi connectivity index (χ2n) is 5.23. The van der Waals surface area contributed by atoms with Crippen molar-refractivity contribution < 1.29 is 0 Å². The number of benzene rings is 1. The summed E-state index contributed by atoms with van der Waals surface area (Å²) in [5, 5.41) is 11.6. The Morgan fingerprint density at radius 1 is 1.30 bits per heavy atom. The molecule has 0 radical (unpaired) electrons. The van der Waals surface area contributed by atoms with Crippen LogP contribution in [0.2, 0.25) is 5.02 Å². The van der Waals surface area contributed by atoms with Crippen LogP contribution in [0.25, 0.3) is 0 Å². The Labute approximate surface area is 159 Å². The summed E-state index contributed by atoms with van der Waals surface area (Å²) in [6, 6.07) is 9.73. The molecule has 1 unspecified atom stereocenters.